The van der Waals surface area contributed by atoms with Crippen molar-refractivity contribution in [1.29, 1.82) is 0 Å². The molecule has 20 heavy (non-hydrogen) atoms. The molecule has 0 aliphatic carbocycles. The normalized spacial score (nSPS) is 12.4. The lowest BCUT2D eigenvalue weighted by Gasteiger charge is -2.43. The fourth-order valence-corrected chi connectivity index (χ4v) is 5.36. The number of amides is 2. The highest BCUT2D eigenvalue weighted by Crippen LogP contribution is 2.19. The molecule has 3 nitrogen and oxygen atoms in total. The molecule has 120 valence electrons. The lowest BCUT2D eigenvalue weighted by atomic mass is 10.3. The van der Waals surface area contributed by atoms with Gasteiger partial charge in [0.15, 0.2) is 16.5 Å². The van der Waals surface area contributed by atoms with Crippen molar-refractivity contribution >= 4 is 22.5 Å². The Morgan fingerprint density at radius 3 is 1.25 bits per heavy atom. The van der Waals surface area contributed by atoms with E-state index >= 15 is 0 Å². The second-order valence-corrected chi connectivity index (χ2v) is 17.4. The van der Waals surface area contributed by atoms with Crippen LogP contribution >= 0.6 is 0 Å². The van der Waals surface area contributed by atoms with Crippen molar-refractivity contribution in [3.05, 3.63) is 0 Å². The predicted octanol–water partition coefficient (Wildman–Crippen LogP) is 4.98. The monoisotopic (exact) mass is 316 g/mol. The molecule has 0 heterocycles. The van der Waals surface area contributed by atoms with E-state index < -0.39 is 16.5 Å². The molecule has 0 aromatic rings. The lowest BCUT2D eigenvalue weighted by Crippen LogP contribution is -2.61. The second kappa shape index (κ2) is 8.22. The minimum atomic E-state index is -1.60. The van der Waals surface area contributed by atoms with Crippen molar-refractivity contribution in [2.45, 2.75) is 78.8 Å². The molecule has 2 amide bonds. The van der Waals surface area contributed by atoms with Gasteiger partial charge in [0.1, 0.15) is 0 Å². The van der Waals surface area contributed by atoms with Gasteiger partial charge < -0.3 is 9.13 Å². The summed E-state index contributed by atoms with van der Waals surface area (Å²) in [5.74, 6) is 0. The van der Waals surface area contributed by atoms with Crippen LogP contribution in [0.2, 0.25) is 39.3 Å². The maximum Gasteiger partial charge on any atom is 0.303 e. The number of carbonyl (C=O) groups excluding carboxylic acids is 1. The summed E-state index contributed by atoms with van der Waals surface area (Å²) in [6.07, 6.45) is 4.53. The fraction of sp³-hybridized carbons (Fsp3) is 0.933. The van der Waals surface area contributed by atoms with E-state index in [0.29, 0.717) is 6.03 Å². The van der Waals surface area contributed by atoms with Crippen LogP contribution in [0.4, 0.5) is 4.79 Å². The smallest absolute Gasteiger partial charge is 0.303 e. The standard InChI is InChI=1S/C15H36N2OSi2/c1-9-11-13-16(19(3,4)5)15(18)17(14-12-10-2)20(6,7)8/h9-14H2,1-8H3. The van der Waals surface area contributed by atoms with Gasteiger partial charge in [0.2, 0.25) is 0 Å². The molecule has 0 N–H and O–H groups in total. The Labute approximate surface area is 128 Å². The highest BCUT2D eigenvalue weighted by atomic mass is 28.3. The van der Waals surface area contributed by atoms with Crippen molar-refractivity contribution in [3.63, 3.8) is 0 Å². The van der Waals surface area contributed by atoms with Crippen molar-refractivity contribution in [3.8, 4) is 0 Å². The van der Waals surface area contributed by atoms with Crippen LogP contribution < -0.4 is 0 Å². The third-order valence-electron chi connectivity index (χ3n) is 3.55. The van der Waals surface area contributed by atoms with Gasteiger partial charge in [-0.25, -0.2) is 0 Å². The van der Waals surface area contributed by atoms with Crippen LogP contribution in [0.25, 0.3) is 0 Å². The van der Waals surface area contributed by atoms with Crippen LogP contribution in [0.1, 0.15) is 39.5 Å². The number of unbranched alkanes of at least 4 members (excludes halogenated alkanes) is 2. The minimum Gasteiger partial charge on any atom is -0.353 e. The summed E-state index contributed by atoms with van der Waals surface area (Å²) in [5.41, 5.74) is 0. The molecule has 0 rings (SSSR count). The van der Waals surface area contributed by atoms with Gasteiger partial charge in [-0.3, -0.25) is 4.79 Å². The third kappa shape index (κ3) is 6.44. The van der Waals surface area contributed by atoms with Crippen molar-refractivity contribution in [2.24, 2.45) is 0 Å². The van der Waals surface area contributed by atoms with E-state index in [4.69, 9.17) is 0 Å². The largest absolute Gasteiger partial charge is 0.353 e. The number of hydrogen-bond acceptors (Lipinski definition) is 1. The quantitative estimate of drug-likeness (QED) is 0.579. The zero-order valence-electron chi connectivity index (χ0n) is 15.0. The minimum absolute atomic E-state index is 0.310. The van der Waals surface area contributed by atoms with Crippen LogP contribution in [0.15, 0.2) is 0 Å². The fourth-order valence-electron chi connectivity index (χ4n) is 2.21. The van der Waals surface area contributed by atoms with E-state index in [1.54, 1.807) is 0 Å². The third-order valence-corrected chi connectivity index (χ3v) is 7.62. The zero-order valence-corrected chi connectivity index (χ0v) is 17.0. The summed E-state index contributed by atoms with van der Waals surface area (Å²) < 4.78 is 4.43. The summed E-state index contributed by atoms with van der Waals surface area (Å²) in [4.78, 5) is 13.1. The molecule has 5 heteroatoms. The molecule has 0 atom stereocenters. The Morgan fingerprint density at radius 1 is 0.750 bits per heavy atom. The lowest BCUT2D eigenvalue weighted by molar-refractivity contribution is 0.198. The number of nitrogens with zero attached hydrogens (tertiary/aromatic N) is 2. The van der Waals surface area contributed by atoms with Gasteiger partial charge in [0, 0.05) is 13.1 Å². The van der Waals surface area contributed by atoms with Crippen LogP contribution in [-0.2, 0) is 0 Å². The molecular formula is C15H36N2OSi2. The molecule has 0 aromatic carbocycles. The van der Waals surface area contributed by atoms with Gasteiger partial charge in [0.05, 0.1) is 0 Å². The highest BCUT2D eigenvalue weighted by molar-refractivity contribution is 6.78. The van der Waals surface area contributed by atoms with Gasteiger partial charge in [0.25, 0.3) is 0 Å². The summed E-state index contributed by atoms with van der Waals surface area (Å²) >= 11 is 0. The molecule has 0 aliphatic rings. The highest BCUT2D eigenvalue weighted by Gasteiger charge is 2.36. The van der Waals surface area contributed by atoms with Crippen molar-refractivity contribution in [1.82, 2.24) is 9.13 Å². The molecule has 0 fully saturated rings. The molecule has 0 saturated carbocycles. The average Bonchev–Trinajstić information content (AvgIpc) is 2.26. The second-order valence-electron chi connectivity index (χ2n) is 7.63. The zero-order chi connectivity index (χ0) is 16.0. The van der Waals surface area contributed by atoms with Crippen molar-refractivity contribution in [2.75, 3.05) is 13.1 Å². The van der Waals surface area contributed by atoms with E-state index in [2.05, 4.69) is 62.3 Å². The molecule has 0 unspecified atom stereocenters. The maximum atomic E-state index is 13.1. The Hall–Kier alpha value is -0.296. The first-order valence-electron chi connectivity index (χ1n) is 8.15. The average molecular weight is 317 g/mol. The summed E-state index contributed by atoms with van der Waals surface area (Å²) in [7, 11) is -3.21. The van der Waals surface area contributed by atoms with E-state index in [1.807, 2.05) is 0 Å². The number of urea groups is 1. The molecule has 0 radical (unpaired) electrons. The summed E-state index contributed by atoms with van der Waals surface area (Å²) in [6, 6.07) is 0.310. The first-order chi connectivity index (χ1) is 9.05. The van der Waals surface area contributed by atoms with Gasteiger partial charge in [-0.05, 0) is 12.8 Å². The number of hydrogen-bond donors (Lipinski definition) is 0. The maximum absolute atomic E-state index is 13.1. The summed E-state index contributed by atoms with van der Waals surface area (Å²) in [5, 5.41) is 0. The first kappa shape index (κ1) is 19.7. The number of rotatable bonds is 8. The Kier molecular flexibility index (Phi) is 8.10. The Balaban J connectivity index is 5.14. The number of carbonyl (C=O) groups is 1. The van der Waals surface area contributed by atoms with Crippen LogP contribution in [0.5, 0.6) is 0 Å². The molecule has 0 saturated heterocycles. The SMILES string of the molecule is CCCCN(C(=O)N(CCCC)[Si](C)(C)C)[Si](C)(C)C. The Bertz CT molecular complexity index is 267. The molecular weight excluding hydrogens is 280 g/mol. The first-order valence-corrected chi connectivity index (χ1v) is 15.0. The molecule has 0 aromatic heterocycles. The van der Waals surface area contributed by atoms with E-state index in [1.165, 1.54) is 0 Å². The van der Waals surface area contributed by atoms with Crippen LogP contribution in [0.3, 0.4) is 0 Å². The van der Waals surface area contributed by atoms with E-state index in [0.717, 1.165) is 38.8 Å². The van der Waals surface area contributed by atoms with Gasteiger partial charge in [-0.15, -0.1) is 0 Å². The van der Waals surface area contributed by atoms with Gasteiger partial charge in [-0.1, -0.05) is 66.0 Å². The summed E-state index contributed by atoms with van der Waals surface area (Å²) in [6.45, 7) is 19.9. The van der Waals surface area contributed by atoms with Crippen LogP contribution in [0, 0.1) is 0 Å². The predicted molar refractivity (Wildman–Crippen MR) is 95.3 cm³/mol. The molecule has 0 bridgehead atoms. The van der Waals surface area contributed by atoms with Crippen LogP contribution in [-0.4, -0.2) is 44.7 Å². The molecule has 0 spiro atoms. The molecule has 0 aliphatic heterocycles. The van der Waals surface area contributed by atoms with Gasteiger partial charge in [-0.2, -0.15) is 0 Å². The van der Waals surface area contributed by atoms with E-state index in [9.17, 15) is 4.79 Å². The topological polar surface area (TPSA) is 23.6 Å². The Morgan fingerprint density at radius 2 is 1.05 bits per heavy atom. The van der Waals surface area contributed by atoms with Crippen molar-refractivity contribution < 1.29 is 4.79 Å². The van der Waals surface area contributed by atoms with Gasteiger partial charge >= 0.3 is 6.03 Å². The van der Waals surface area contributed by atoms with E-state index in [-0.39, 0.29) is 0 Å².